The highest BCUT2D eigenvalue weighted by Gasteiger charge is 2.22. The van der Waals surface area contributed by atoms with Gasteiger partial charge in [-0.15, -0.1) is 0 Å². The number of hydrogen-bond acceptors (Lipinski definition) is 5. The zero-order valence-electron chi connectivity index (χ0n) is 17.9. The normalized spacial score (nSPS) is 11.5. The van der Waals surface area contributed by atoms with Crippen LogP contribution in [0.2, 0.25) is 0 Å². The van der Waals surface area contributed by atoms with Crippen molar-refractivity contribution in [2.75, 3.05) is 12.4 Å². The number of nitrogens with zero attached hydrogens (tertiary/aromatic N) is 1. The van der Waals surface area contributed by atoms with Crippen LogP contribution in [0.5, 0.6) is 0 Å². The smallest absolute Gasteiger partial charge is 0.419 e. The molecule has 4 rings (SSSR count). The van der Waals surface area contributed by atoms with Gasteiger partial charge in [-0.1, -0.05) is 30.3 Å². The average molecular weight is 416 g/mol. The Kier molecular flexibility index (Phi) is 5.15. The van der Waals surface area contributed by atoms with Crippen LogP contribution in [0.15, 0.2) is 66.7 Å². The van der Waals surface area contributed by atoms with Gasteiger partial charge in [0, 0.05) is 16.5 Å². The molecule has 3 aromatic carbocycles. The predicted molar refractivity (Wildman–Crippen MR) is 122 cm³/mol. The molecule has 0 saturated carbocycles. The number of methoxy groups -OCH3 is 1. The molecule has 0 saturated heterocycles. The maximum atomic E-state index is 13.0. The van der Waals surface area contributed by atoms with Crippen molar-refractivity contribution in [3.05, 3.63) is 72.3 Å². The lowest BCUT2D eigenvalue weighted by molar-refractivity contribution is 0.0549. The van der Waals surface area contributed by atoms with Gasteiger partial charge < -0.3 is 14.8 Å². The third-order valence-corrected chi connectivity index (χ3v) is 4.86. The first-order valence-electron chi connectivity index (χ1n) is 9.99. The molecule has 0 radical (unpaired) electrons. The second-order valence-corrected chi connectivity index (χ2v) is 8.23. The van der Waals surface area contributed by atoms with Crippen molar-refractivity contribution in [2.24, 2.45) is 0 Å². The molecule has 0 bridgehead atoms. The fraction of sp³-hybridized carbons (Fsp3) is 0.200. The number of fused-ring (bicyclic) bond motifs is 3. The van der Waals surface area contributed by atoms with Gasteiger partial charge in [0.15, 0.2) is 0 Å². The summed E-state index contributed by atoms with van der Waals surface area (Å²) < 4.78 is 12.1. The van der Waals surface area contributed by atoms with Crippen LogP contribution >= 0.6 is 0 Å². The second-order valence-electron chi connectivity index (χ2n) is 8.23. The Morgan fingerprint density at radius 1 is 0.871 bits per heavy atom. The van der Waals surface area contributed by atoms with E-state index in [2.05, 4.69) is 5.32 Å². The third kappa shape index (κ3) is 3.97. The first-order valence-corrected chi connectivity index (χ1v) is 9.99. The van der Waals surface area contributed by atoms with Gasteiger partial charge in [0.2, 0.25) is 0 Å². The van der Waals surface area contributed by atoms with Crippen molar-refractivity contribution < 1.29 is 19.1 Å². The van der Waals surface area contributed by atoms with Crippen LogP contribution in [-0.4, -0.2) is 29.3 Å². The SMILES string of the molecule is COC(=O)c1ccccc1Nc1ccc2c(c1)c1ccccc1n2C(=O)OC(C)(C)C. The van der Waals surface area contributed by atoms with Gasteiger partial charge in [0.25, 0.3) is 0 Å². The molecule has 0 unspecified atom stereocenters. The van der Waals surface area contributed by atoms with E-state index in [1.165, 1.54) is 7.11 Å². The lowest BCUT2D eigenvalue weighted by atomic mass is 10.1. The molecule has 6 nitrogen and oxygen atoms in total. The zero-order valence-corrected chi connectivity index (χ0v) is 17.9. The minimum atomic E-state index is -0.603. The highest BCUT2D eigenvalue weighted by atomic mass is 16.6. The van der Waals surface area contributed by atoms with Crippen LogP contribution in [0.25, 0.3) is 21.8 Å². The van der Waals surface area contributed by atoms with Crippen LogP contribution in [0, 0.1) is 0 Å². The van der Waals surface area contributed by atoms with Crippen molar-refractivity contribution in [3.8, 4) is 0 Å². The Labute approximate surface area is 180 Å². The number of benzene rings is 3. The van der Waals surface area contributed by atoms with Crippen LogP contribution in [-0.2, 0) is 9.47 Å². The molecule has 158 valence electrons. The number of aromatic nitrogens is 1. The number of nitrogens with one attached hydrogen (secondary N) is 1. The molecule has 1 heterocycles. The molecular weight excluding hydrogens is 392 g/mol. The fourth-order valence-corrected chi connectivity index (χ4v) is 3.59. The van der Waals surface area contributed by atoms with Gasteiger partial charge >= 0.3 is 12.1 Å². The number of carbonyl (C=O) groups excluding carboxylic acids is 2. The predicted octanol–water partition coefficient (Wildman–Crippen LogP) is 6.11. The highest BCUT2D eigenvalue weighted by molar-refractivity contribution is 6.13. The quantitative estimate of drug-likeness (QED) is 0.408. The van der Waals surface area contributed by atoms with Gasteiger partial charge in [0.05, 0.1) is 29.4 Å². The van der Waals surface area contributed by atoms with Crippen LogP contribution < -0.4 is 5.32 Å². The average Bonchev–Trinajstić information content (AvgIpc) is 3.06. The lowest BCUT2D eigenvalue weighted by Crippen LogP contribution is -2.27. The largest absolute Gasteiger partial charge is 0.465 e. The van der Waals surface area contributed by atoms with E-state index in [1.807, 2.05) is 75.4 Å². The number of para-hydroxylation sites is 2. The molecule has 6 heteroatoms. The summed E-state index contributed by atoms with van der Waals surface area (Å²) in [4.78, 5) is 25.0. The number of esters is 1. The summed E-state index contributed by atoms with van der Waals surface area (Å²) in [6.45, 7) is 5.54. The van der Waals surface area contributed by atoms with Crippen molar-refractivity contribution in [3.63, 3.8) is 0 Å². The Bertz CT molecular complexity index is 1300. The number of rotatable bonds is 3. The Morgan fingerprint density at radius 3 is 2.29 bits per heavy atom. The molecule has 1 N–H and O–H groups in total. The third-order valence-electron chi connectivity index (χ3n) is 4.86. The Morgan fingerprint density at radius 2 is 1.55 bits per heavy atom. The van der Waals surface area contributed by atoms with E-state index in [-0.39, 0.29) is 0 Å². The van der Waals surface area contributed by atoms with E-state index in [0.29, 0.717) is 11.3 Å². The highest BCUT2D eigenvalue weighted by Crippen LogP contribution is 2.33. The van der Waals surface area contributed by atoms with Crippen LogP contribution in [0.3, 0.4) is 0 Å². The molecular formula is C25H24N2O4. The Balaban J connectivity index is 1.82. The summed E-state index contributed by atoms with van der Waals surface area (Å²) in [6, 6.07) is 20.6. The summed E-state index contributed by atoms with van der Waals surface area (Å²) in [6.07, 6.45) is -0.421. The molecule has 0 amide bonds. The van der Waals surface area contributed by atoms with E-state index < -0.39 is 17.7 Å². The summed E-state index contributed by atoms with van der Waals surface area (Å²) in [5, 5.41) is 5.14. The van der Waals surface area contributed by atoms with E-state index in [0.717, 1.165) is 27.5 Å². The monoisotopic (exact) mass is 416 g/mol. The first-order chi connectivity index (χ1) is 14.8. The zero-order chi connectivity index (χ0) is 22.2. The van der Waals surface area contributed by atoms with Gasteiger partial charge in [0.1, 0.15) is 5.60 Å². The maximum absolute atomic E-state index is 13.0. The minimum Gasteiger partial charge on any atom is -0.465 e. The number of ether oxygens (including phenoxy) is 2. The van der Waals surface area contributed by atoms with Crippen molar-refractivity contribution in [2.45, 2.75) is 26.4 Å². The van der Waals surface area contributed by atoms with Gasteiger partial charge in [-0.2, -0.15) is 0 Å². The van der Waals surface area contributed by atoms with Gasteiger partial charge in [-0.05, 0) is 57.2 Å². The van der Waals surface area contributed by atoms with Gasteiger partial charge in [-0.25, -0.2) is 14.2 Å². The standard InChI is InChI=1S/C25H24N2O4/c1-25(2,3)31-24(29)27-21-12-8-6-9-17(21)19-15-16(13-14-22(19)27)26-20-11-7-5-10-18(20)23(28)30-4/h5-15,26H,1-4H3. The molecule has 0 fully saturated rings. The fourth-order valence-electron chi connectivity index (χ4n) is 3.59. The van der Waals surface area contributed by atoms with E-state index in [9.17, 15) is 9.59 Å². The molecule has 0 aliphatic rings. The summed E-state index contributed by atoms with van der Waals surface area (Å²) in [5.74, 6) is -0.411. The summed E-state index contributed by atoms with van der Waals surface area (Å²) >= 11 is 0. The second kappa shape index (κ2) is 7.80. The lowest BCUT2D eigenvalue weighted by Gasteiger charge is -2.20. The van der Waals surface area contributed by atoms with E-state index in [1.54, 1.807) is 16.7 Å². The number of hydrogen-bond donors (Lipinski definition) is 1. The molecule has 4 aromatic rings. The molecule has 0 atom stereocenters. The maximum Gasteiger partial charge on any atom is 0.419 e. The molecule has 31 heavy (non-hydrogen) atoms. The van der Waals surface area contributed by atoms with Gasteiger partial charge in [-0.3, -0.25) is 0 Å². The first kappa shape index (κ1) is 20.5. The molecule has 0 aliphatic heterocycles. The topological polar surface area (TPSA) is 69.6 Å². The van der Waals surface area contributed by atoms with Crippen LogP contribution in [0.4, 0.5) is 16.2 Å². The molecule has 1 aromatic heterocycles. The molecule has 0 spiro atoms. The van der Waals surface area contributed by atoms with E-state index in [4.69, 9.17) is 9.47 Å². The van der Waals surface area contributed by atoms with Crippen molar-refractivity contribution in [1.82, 2.24) is 4.57 Å². The van der Waals surface area contributed by atoms with Crippen LogP contribution in [0.1, 0.15) is 31.1 Å². The van der Waals surface area contributed by atoms with Crippen molar-refractivity contribution >= 4 is 45.2 Å². The van der Waals surface area contributed by atoms with Crippen molar-refractivity contribution in [1.29, 1.82) is 0 Å². The minimum absolute atomic E-state index is 0.411. The Hall–Kier alpha value is -3.80. The van der Waals surface area contributed by atoms with E-state index >= 15 is 0 Å². The summed E-state index contributed by atoms with van der Waals surface area (Å²) in [7, 11) is 1.36. The summed E-state index contributed by atoms with van der Waals surface area (Å²) in [5.41, 5.74) is 2.80. The number of anilines is 2. The molecule has 0 aliphatic carbocycles. The number of carbonyl (C=O) groups is 2.